The van der Waals surface area contributed by atoms with E-state index in [1.807, 2.05) is 17.5 Å². The molecule has 0 saturated heterocycles. The van der Waals surface area contributed by atoms with Crippen LogP contribution >= 0.6 is 38.9 Å². The molecule has 19 heavy (non-hydrogen) atoms. The zero-order chi connectivity index (χ0) is 13.8. The summed E-state index contributed by atoms with van der Waals surface area (Å²) >= 11 is 10.9. The first kappa shape index (κ1) is 14.5. The van der Waals surface area contributed by atoms with Gasteiger partial charge in [0.15, 0.2) is 0 Å². The molecule has 0 saturated carbocycles. The van der Waals surface area contributed by atoms with Crippen LogP contribution < -0.4 is 5.32 Å². The molecule has 6 heteroatoms. The highest BCUT2D eigenvalue weighted by atomic mass is 79.9. The molecule has 0 radical (unpaired) electrons. The fraction of sp³-hybridized carbons (Fsp3) is 0.154. The Hall–Kier alpha value is -0.880. The summed E-state index contributed by atoms with van der Waals surface area (Å²) in [6, 6.07) is 8.29. The van der Waals surface area contributed by atoms with Gasteiger partial charge in [-0.2, -0.15) is 0 Å². The highest BCUT2D eigenvalue weighted by molar-refractivity contribution is 9.10. The number of thiophene rings is 1. The van der Waals surface area contributed by atoms with E-state index in [4.69, 9.17) is 11.6 Å². The monoisotopic (exact) mass is 359 g/mol. The van der Waals surface area contributed by atoms with Gasteiger partial charge in [-0.3, -0.25) is 10.1 Å². The van der Waals surface area contributed by atoms with Crippen LogP contribution in [0.15, 0.2) is 40.2 Å². The lowest BCUT2D eigenvalue weighted by Crippen LogP contribution is -2.27. The van der Waals surface area contributed by atoms with E-state index in [9.17, 15) is 9.90 Å². The van der Waals surface area contributed by atoms with Crippen molar-refractivity contribution >= 4 is 44.8 Å². The molecule has 0 bridgehead atoms. The lowest BCUT2D eigenvalue weighted by Gasteiger charge is -2.15. The zero-order valence-electron chi connectivity index (χ0n) is 9.77. The highest BCUT2D eigenvalue weighted by Gasteiger charge is 2.20. The molecule has 0 fully saturated rings. The fourth-order valence-corrected chi connectivity index (χ4v) is 2.75. The highest BCUT2D eigenvalue weighted by Crippen LogP contribution is 2.26. The minimum atomic E-state index is -0.921. The van der Waals surface area contributed by atoms with Crippen LogP contribution in [0.5, 0.6) is 0 Å². The van der Waals surface area contributed by atoms with E-state index in [-0.39, 0.29) is 0 Å². The predicted octanol–water partition coefficient (Wildman–Crippen LogP) is 4.08. The summed E-state index contributed by atoms with van der Waals surface area (Å²) < 4.78 is 0.750. The number of hydrogen-bond donors (Lipinski definition) is 2. The first-order valence-electron chi connectivity index (χ1n) is 5.51. The van der Waals surface area contributed by atoms with Crippen LogP contribution in [0.1, 0.15) is 16.5 Å². The van der Waals surface area contributed by atoms with Gasteiger partial charge < -0.3 is 5.11 Å². The van der Waals surface area contributed by atoms with Crippen molar-refractivity contribution < 1.29 is 9.90 Å². The van der Waals surface area contributed by atoms with Crippen molar-refractivity contribution in [1.82, 2.24) is 5.32 Å². The normalized spacial score (nSPS) is 12.3. The molecular weight excluding hydrogens is 350 g/mol. The van der Waals surface area contributed by atoms with Crippen molar-refractivity contribution in [2.75, 3.05) is 0 Å². The smallest absolute Gasteiger partial charge is 0.325 e. The molecule has 0 spiro atoms. The van der Waals surface area contributed by atoms with E-state index in [0.717, 1.165) is 9.35 Å². The van der Waals surface area contributed by atoms with Crippen molar-refractivity contribution in [3.63, 3.8) is 0 Å². The summed E-state index contributed by atoms with van der Waals surface area (Å²) in [7, 11) is 0. The quantitative estimate of drug-likeness (QED) is 0.844. The number of halogens is 2. The molecule has 1 unspecified atom stereocenters. The molecular formula is C13H11BrClNO2S. The second-order valence-corrected chi connectivity index (χ2v) is 6.20. The van der Waals surface area contributed by atoms with Gasteiger partial charge in [-0.25, -0.2) is 0 Å². The largest absolute Gasteiger partial charge is 0.480 e. The minimum absolute atomic E-state index is 0.502. The van der Waals surface area contributed by atoms with Crippen LogP contribution in [0.4, 0.5) is 0 Å². The Bertz CT molecular complexity index is 574. The van der Waals surface area contributed by atoms with Gasteiger partial charge in [0.05, 0.1) is 5.02 Å². The molecule has 100 valence electrons. The first-order chi connectivity index (χ1) is 9.08. The number of aliphatic carboxylic acids is 1. The Morgan fingerprint density at radius 1 is 1.47 bits per heavy atom. The minimum Gasteiger partial charge on any atom is -0.480 e. The maximum Gasteiger partial charge on any atom is 0.325 e. The molecule has 2 aromatic rings. The molecule has 0 amide bonds. The molecule has 1 atom stereocenters. The third-order valence-electron chi connectivity index (χ3n) is 2.58. The molecule has 1 aromatic heterocycles. The lowest BCUT2D eigenvalue weighted by molar-refractivity contribution is -0.139. The van der Waals surface area contributed by atoms with E-state index in [0.29, 0.717) is 17.1 Å². The predicted molar refractivity (Wildman–Crippen MR) is 80.7 cm³/mol. The number of hydrogen-bond acceptors (Lipinski definition) is 3. The van der Waals surface area contributed by atoms with Gasteiger partial charge in [0.25, 0.3) is 0 Å². The van der Waals surface area contributed by atoms with Crippen molar-refractivity contribution in [2.45, 2.75) is 12.6 Å². The van der Waals surface area contributed by atoms with Gasteiger partial charge in [-0.1, -0.05) is 23.7 Å². The van der Waals surface area contributed by atoms with E-state index < -0.39 is 12.0 Å². The Kier molecular flexibility index (Phi) is 4.99. The fourth-order valence-electron chi connectivity index (χ4n) is 1.66. The summed E-state index contributed by atoms with van der Waals surface area (Å²) in [5.74, 6) is -0.921. The number of nitrogens with one attached hydrogen (secondary N) is 1. The number of carboxylic acid groups (broad SMARTS) is 1. The first-order valence-corrected chi connectivity index (χ1v) is 7.56. The van der Waals surface area contributed by atoms with E-state index in [2.05, 4.69) is 21.2 Å². The van der Waals surface area contributed by atoms with Crippen LogP contribution in [0.3, 0.4) is 0 Å². The molecule has 3 nitrogen and oxygen atoms in total. The van der Waals surface area contributed by atoms with Crippen molar-refractivity contribution in [3.8, 4) is 0 Å². The van der Waals surface area contributed by atoms with Crippen molar-refractivity contribution in [2.24, 2.45) is 0 Å². The van der Waals surface area contributed by atoms with Gasteiger partial charge in [0, 0.05) is 15.9 Å². The topological polar surface area (TPSA) is 49.3 Å². The van der Waals surface area contributed by atoms with Crippen molar-refractivity contribution in [3.05, 3.63) is 55.6 Å². The summed E-state index contributed by atoms with van der Waals surface area (Å²) in [6.45, 7) is 0.516. The summed E-state index contributed by atoms with van der Waals surface area (Å²) in [5, 5.41) is 14.8. The zero-order valence-corrected chi connectivity index (χ0v) is 12.9. The SMILES string of the molecule is O=C(O)C(NCc1cccs1)c1ccc(Br)c(Cl)c1. The Labute approximate surface area is 128 Å². The number of carboxylic acids is 1. The molecule has 0 aliphatic heterocycles. The second kappa shape index (κ2) is 6.52. The maximum absolute atomic E-state index is 11.3. The number of rotatable bonds is 5. The van der Waals surface area contributed by atoms with Crippen LogP contribution in [-0.2, 0) is 11.3 Å². The van der Waals surface area contributed by atoms with Crippen molar-refractivity contribution in [1.29, 1.82) is 0 Å². The third-order valence-corrected chi connectivity index (χ3v) is 4.69. The van der Waals surface area contributed by atoms with Crippen LogP contribution in [0.2, 0.25) is 5.02 Å². The summed E-state index contributed by atoms with van der Waals surface area (Å²) in [4.78, 5) is 12.4. The van der Waals surface area contributed by atoms with Gasteiger partial charge in [0.1, 0.15) is 6.04 Å². The van der Waals surface area contributed by atoms with Gasteiger partial charge in [0.2, 0.25) is 0 Å². The average molecular weight is 361 g/mol. The van der Waals surface area contributed by atoms with E-state index in [1.165, 1.54) is 0 Å². The summed E-state index contributed by atoms with van der Waals surface area (Å²) in [5.41, 5.74) is 0.636. The van der Waals surface area contributed by atoms with Gasteiger partial charge in [-0.05, 0) is 45.1 Å². The molecule has 0 aliphatic rings. The Morgan fingerprint density at radius 2 is 2.26 bits per heavy atom. The molecule has 1 aromatic carbocycles. The maximum atomic E-state index is 11.3. The number of benzene rings is 1. The molecule has 1 heterocycles. The Balaban J connectivity index is 2.15. The van der Waals surface area contributed by atoms with E-state index in [1.54, 1.807) is 29.5 Å². The van der Waals surface area contributed by atoms with Crippen LogP contribution in [0.25, 0.3) is 0 Å². The molecule has 2 rings (SSSR count). The van der Waals surface area contributed by atoms with Crippen LogP contribution in [0, 0.1) is 0 Å². The summed E-state index contributed by atoms with van der Waals surface area (Å²) in [6.07, 6.45) is 0. The van der Waals surface area contributed by atoms with E-state index >= 15 is 0 Å². The van der Waals surface area contributed by atoms with Crippen LogP contribution in [-0.4, -0.2) is 11.1 Å². The molecule has 0 aliphatic carbocycles. The standard InChI is InChI=1S/C13H11BrClNO2S/c14-10-4-3-8(6-11(10)15)12(13(17)18)16-7-9-2-1-5-19-9/h1-6,12,16H,7H2,(H,17,18). The lowest BCUT2D eigenvalue weighted by atomic mass is 10.1. The van der Waals surface area contributed by atoms with Gasteiger partial charge >= 0.3 is 5.97 Å². The van der Waals surface area contributed by atoms with Gasteiger partial charge in [-0.15, -0.1) is 11.3 Å². The third kappa shape index (κ3) is 3.79. The second-order valence-electron chi connectivity index (χ2n) is 3.91. The average Bonchev–Trinajstić information content (AvgIpc) is 2.86. The molecule has 2 N–H and O–H groups in total. The Morgan fingerprint density at radius 3 is 2.84 bits per heavy atom. The number of carbonyl (C=O) groups is 1.